The van der Waals surface area contributed by atoms with Gasteiger partial charge in [-0.2, -0.15) is 0 Å². The maximum atomic E-state index is 10.7. The predicted molar refractivity (Wildman–Crippen MR) is 64.5 cm³/mol. The first-order valence-corrected chi connectivity index (χ1v) is 6.17. The van der Waals surface area contributed by atoms with Gasteiger partial charge in [0.1, 0.15) is 0 Å². The van der Waals surface area contributed by atoms with Crippen molar-refractivity contribution in [2.75, 3.05) is 19.6 Å². The van der Waals surface area contributed by atoms with Crippen molar-refractivity contribution in [3.63, 3.8) is 0 Å². The number of hydrogen-bond donors (Lipinski definition) is 2. The van der Waals surface area contributed by atoms with Gasteiger partial charge in [-0.05, 0) is 25.8 Å². The van der Waals surface area contributed by atoms with Gasteiger partial charge in [-0.1, -0.05) is 13.8 Å². The zero-order valence-electron chi connectivity index (χ0n) is 10.6. The molecule has 1 aliphatic rings. The Morgan fingerprint density at radius 3 is 2.75 bits per heavy atom. The van der Waals surface area contributed by atoms with Crippen LogP contribution in [0.4, 0.5) is 0 Å². The molecule has 2 unspecified atom stereocenters. The maximum absolute atomic E-state index is 10.7. The van der Waals surface area contributed by atoms with Crippen molar-refractivity contribution in [3.05, 3.63) is 0 Å². The van der Waals surface area contributed by atoms with Crippen molar-refractivity contribution in [2.45, 2.75) is 45.7 Å². The summed E-state index contributed by atoms with van der Waals surface area (Å²) in [6.07, 6.45) is 1.41. The molecule has 0 aromatic rings. The lowest BCUT2D eigenvalue weighted by atomic mass is 10.1. The van der Waals surface area contributed by atoms with Gasteiger partial charge in [-0.25, -0.2) is 0 Å². The third-order valence-electron chi connectivity index (χ3n) is 2.97. The zero-order valence-corrected chi connectivity index (χ0v) is 10.6. The number of nitrogens with one attached hydrogen (secondary N) is 1. The van der Waals surface area contributed by atoms with Gasteiger partial charge in [-0.15, -0.1) is 0 Å². The molecular formula is C12H24N2O2. The maximum Gasteiger partial charge on any atom is 0.304 e. The van der Waals surface area contributed by atoms with E-state index in [1.165, 1.54) is 6.42 Å². The number of carboxylic acid groups (broad SMARTS) is 1. The Labute approximate surface area is 98.0 Å². The Kier molecular flexibility index (Phi) is 5.22. The van der Waals surface area contributed by atoms with Crippen LogP contribution < -0.4 is 5.32 Å². The third kappa shape index (κ3) is 4.94. The number of hydrogen-bond acceptors (Lipinski definition) is 3. The van der Waals surface area contributed by atoms with Crippen LogP contribution >= 0.6 is 0 Å². The van der Waals surface area contributed by atoms with Gasteiger partial charge in [0, 0.05) is 25.2 Å². The predicted octanol–water partition coefficient (Wildman–Crippen LogP) is 1.17. The summed E-state index contributed by atoms with van der Waals surface area (Å²) in [6.45, 7) is 9.54. The van der Waals surface area contributed by atoms with Crippen molar-refractivity contribution in [3.8, 4) is 0 Å². The summed E-state index contributed by atoms with van der Waals surface area (Å²) in [5.74, 6) is -0.00137. The van der Waals surface area contributed by atoms with E-state index >= 15 is 0 Å². The Bertz CT molecular complexity index is 231. The lowest BCUT2D eigenvalue weighted by molar-refractivity contribution is -0.137. The summed E-state index contributed by atoms with van der Waals surface area (Å²) < 4.78 is 0. The van der Waals surface area contributed by atoms with Gasteiger partial charge in [0.25, 0.3) is 0 Å². The number of carboxylic acids is 1. The van der Waals surface area contributed by atoms with E-state index in [9.17, 15) is 4.79 Å². The van der Waals surface area contributed by atoms with Crippen LogP contribution in [0.1, 0.15) is 33.6 Å². The van der Waals surface area contributed by atoms with E-state index in [-0.39, 0.29) is 12.5 Å². The minimum atomic E-state index is -0.713. The Hall–Kier alpha value is -0.610. The standard InChI is InChI=1S/C12H24N2O2/c1-9(2)4-5-14-7-10(3)13-11(8-14)6-12(15)16/h9-11,13H,4-8H2,1-3H3,(H,15,16). The minimum absolute atomic E-state index is 0.105. The molecule has 4 heteroatoms. The fraction of sp³-hybridized carbons (Fsp3) is 0.917. The average Bonchev–Trinajstić information content (AvgIpc) is 2.12. The fourth-order valence-corrected chi connectivity index (χ4v) is 2.24. The molecule has 1 saturated heterocycles. The topological polar surface area (TPSA) is 52.6 Å². The third-order valence-corrected chi connectivity index (χ3v) is 2.97. The monoisotopic (exact) mass is 228 g/mol. The molecule has 1 aliphatic heterocycles. The van der Waals surface area contributed by atoms with Gasteiger partial charge in [0.05, 0.1) is 6.42 Å². The Morgan fingerprint density at radius 1 is 1.50 bits per heavy atom. The van der Waals surface area contributed by atoms with Crippen molar-refractivity contribution in [1.82, 2.24) is 10.2 Å². The van der Waals surface area contributed by atoms with Crippen LogP contribution in [-0.4, -0.2) is 47.7 Å². The minimum Gasteiger partial charge on any atom is -0.481 e. The number of nitrogens with zero attached hydrogens (tertiary/aromatic N) is 1. The highest BCUT2D eigenvalue weighted by atomic mass is 16.4. The van der Waals surface area contributed by atoms with Gasteiger partial charge in [0.15, 0.2) is 0 Å². The molecule has 16 heavy (non-hydrogen) atoms. The fourth-order valence-electron chi connectivity index (χ4n) is 2.24. The number of aliphatic carboxylic acids is 1. The molecule has 0 spiro atoms. The van der Waals surface area contributed by atoms with Crippen LogP contribution in [-0.2, 0) is 4.79 Å². The molecule has 0 radical (unpaired) electrons. The second-order valence-electron chi connectivity index (χ2n) is 5.30. The van der Waals surface area contributed by atoms with Crippen molar-refractivity contribution in [1.29, 1.82) is 0 Å². The number of piperazine rings is 1. The number of rotatable bonds is 5. The number of carbonyl (C=O) groups is 1. The Morgan fingerprint density at radius 2 is 2.19 bits per heavy atom. The highest BCUT2D eigenvalue weighted by Crippen LogP contribution is 2.10. The van der Waals surface area contributed by atoms with Crippen LogP contribution in [0.15, 0.2) is 0 Å². The molecule has 0 amide bonds. The van der Waals surface area contributed by atoms with Gasteiger partial charge in [-0.3, -0.25) is 4.79 Å². The second kappa shape index (κ2) is 6.21. The molecule has 2 N–H and O–H groups in total. The molecule has 0 saturated carbocycles. The molecule has 1 heterocycles. The molecule has 4 nitrogen and oxygen atoms in total. The molecule has 0 bridgehead atoms. The quantitative estimate of drug-likeness (QED) is 0.741. The van der Waals surface area contributed by atoms with Crippen molar-refractivity contribution in [2.24, 2.45) is 5.92 Å². The molecule has 2 atom stereocenters. The molecule has 1 rings (SSSR count). The summed E-state index contributed by atoms with van der Waals surface area (Å²) >= 11 is 0. The summed E-state index contributed by atoms with van der Waals surface area (Å²) in [4.78, 5) is 13.1. The Balaban J connectivity index is 2.38. The average molecular weight is 228 g/mol. The van der Waals surface area contributed by atoms with E-state index in [1.54, 1.807) is 0 Å². The first-order valence-electron chi connectivity index (χ1n) is 6.17. The van der Waals surface area contributed by atoms with E-state index < -0.39 is 5.97 Å². The molecular weight excluding hydrogens is 204 g/mol. The van der Waals surface area contributed by atoms with Gasteiger partial charge < -0.3 is 15.3 Å². The van der Waals surface area contributed by atoms with Crippen molar-refractivity contribution < 1.29 is 9.90 Å². The summed E-state index contributed by atoms with van der Waals surface area (Å²) in [5, 5.41) is 12.1. The first kappa shape index (κ1) is 13.5. The van der Waals surface area contributed by atoms with Gasteiger partial charge in [0.2, 0.25) is 0 Å². The normalized spacial score (nSPS) is 27.2. The van der Waals surface area contributed by atoms with Crippen LogP contribution in [0.3, 0.4) is 0 Å². The molecule has 1 fully saturated rings. The van der Waals surface area contributed by atoms with Crippen LogP contribution in [0.2, 0.25) is 0 Å². The first-order chi connectivity index (χ1) is 7.47. The lowest BCUT2D eigenvalue weighted by Crippen LogP contribution is -2.56. The summed E-state index contributed by atoms with van der Waals surface area (Å²) in [6, 6.07) is 0.499. The van der Waals surface area contributed by atoms with Crippen molar-refractivity contribution >= 4 is 5.97 Å². The van der Waals surface area contributed by atoms with Gasteiger partial charge >= 0.3 is 5.97 Å². The van der Waals surface area contributed by atoms with E-state index in [1.807, 2.05) is 0 Å². The highest BCUT2D eigenvalue weighted by Gasteiger charge is 2.25. The van der Waals surface area contributed by atoms with E-state index in [4.69, 9.17) is 5.11 Å². The highest BCUT2D eigenvalue weighted by molar-refractivity contribution is 5.67. The zero-order chi connectivity index (χ0) is 12.1. The smallest absolute Gasteiger partial charge is 0.304 e. The molecule has 0 aromatic heterocycles. The van der Waals surface area contributed by atoms with E-state index in [0.717, 1.165) is 19.6 Å². The SMILES string of the molecule is CC(C)CCN1CC(C)NC(CC(=O)O)C1. The largest absolute Gasteiger partial charge is 0.481 e. The van der Waals surface area contributed by atoms with Crippen LogP contribution in [0, 0.1) is 5.92 Å². The molecule has 94 valence electrons. The van der Waals surface area contributed by atoms with E-state index in [2.05, 4.69) is 31.0 Å². The molecule has 0 aromatic carbocycles. The molecule has 0 aliphatic carbocycles. The van der Waals surface area contributed by atoms with Crippen LogP contribution in [0.5, 0.6) is 0 Å². The second-order valence-corrected chi connectivity index (χ2v) is 5.30. The summed E-state index contributed by atoms with van der Waals surface area (Å²) in [7, 11) is 0. The van der Waals surface area contributed by atoms with E-state index in [0.29, 0.717) is 12.0 Å². The lowest BCUT2D eigenvalue weighted by Gasteiger charge is -2.37. The van der Waals surface area contributed by atoms with Crippen LogP contribution in [0.25, 0.3) is 0 Å². The summed E-state index contributed by atoms with van der Waals surface area (Å²) in [5.41, 5.74) is 0.